The summed E-state index contributed by atoms with van der Waals surface area (Å²) in [4.78, 5) is 36.5. The van der Waals surface area contributed by atoms with Crippen molar-refractivity contribution in [2.45, 2.75) is 25.2 Å². The van der Waals surface area contributed by atoms with Crippen LogP contribution < -0.4 is 10.6 Å². The van der Waals surface area contributed by atoms with E-state index in [1.165, 1.54) is 0 Å². The normalized spacial score (nSPS) is 11.0. The Kier molecular flexibility index (Phi) is 7.09. The summed E-state index contributed by atoms with van der Waals surface area (Å²) >= 11 is 1.13. The van der Waals surface area contributed by atoms with Crippen molar-refractivity contribution in [2.75, 3.05) is 18.2 Å². The summed E-state index contributed by atoms with van der Waals surface area (Å²) in [5.41, 5.74) is 0.679. The lowest BCUT2D eigenvalue weighted by atomic mass is 10.1. The molecule has 1 aromatic heterocycles. The minimum absolute atomic E-state index is 0.0901. The van der Waals surface area contributed by atoms with Gasteiger partial charge < -0.3 is 10.1 Å². The quantitative estimate of drug-likeness (QED) is 0.664. The number of benzene rings is 1. The van der Waals surface area contributed by atoms with E-state index in [1.54, 1.807) is 13.8 Å². The number of amides is 3. The van der Waals surface area contributed by atoms with Gasteiger partial charge in [-0.1, -0.05) is 0 Å². The number of sulfone groups is 1. The molecule has 1 heterocycles. The van der Waals surface area contributed by atoms with Crippen LogP contribution in [0.1, 0.15) is 27.2 Å². The molecule has 0 unspecified atom stereocenters. The zero-order valence-corrected chi connectivity index (χ0v) is 17.5. The Bertz CT molecular complexity index is 1050. The van der Waals surface area contributed by atoms with Crippen LogP contribution in [0.15, 0.2) is 29.2 Å². The number of nitrogens with one attached hydrogen (secondary N) is 2. The number of hydrogen-bond acceptors (Lipinski definition) is 7. The lowest BCUT2D eigenvalue weighted by molar-refractivity contribution is -0.115. The minimum atomic E-state index is -3.78. The zero-order valence-electron chi connectivity index (χ0n) is 15.9. The van der Waals surface area contributed by atoms with E-state index >= 15 is 0 Å². The zero-order chi connectivity index (χ0) is 21.8. The van der Waals surface area contributed by atoms with E-state index in [4.69, 9.17) is 0 Å². The molecule has 2 N–H and O–H groups in total. The average Bonchev–Trinajstić information content (AvgIpc) is 2.93. The van der Waals surface area contributed by atoms with Gasteiger partial charge in [0.15, 0.2) is 9.84 Å². The number of carbonyl (C=O) groups is 3. The maximum atomic E-state index is 13.0. The fraction of sp³-hybridized carbons (Fsp3) is 0.278. The van der Waals surface area contributed by atoms with Crippen LogP contribution in [0.2, 0.25) is 0 Å². The Hall–Kier alpha value is -2.79. The second kappa shape index (κ2) is 9.14. The van der Waals surface area contributed by atoms with E-state index in [9.17, 15) is 27.2 Å². The van der Waals surface area contributed by atoms with Gasteiger partial charge in [-0.05, 0) is 43.7 Å². The Morgan fingerprint density at radius 1 is 1.14 bits per heavy atom. The van der Waals surface area contributed by atoms with Gasteiger partial charge in [0, 0.05) is 11.3 Å². The largest absolute Gasteiger partial charge is 0.453 e. The molecule has 0 saturated heterocycles. The Labute approximate surface area is 171 Å². The first-order chi connectivity index (χ1) is 13.5. The van der Waals surface area contributed by atoms with Crippen LogP contribution in [0.3, 0.4) is 0 Å². The van der Waals surface area contributed by atoms with Gasteiger partial charge in [0.1, 0.15) is 10.8 Å². The number of halogens is 1. The van der Waals surface area contributed by atoms with Crippen LogP contribution in [-0.2, 0) is 19.4 Å². The number of aryl methyl sites for hydroxylation is 1. The summed E-state index contributed by atoms with van der Waals surface area (Å²) < 4.78 is 41.9. The first-order valence-electron chi connectivity index (χ1n) is 8.32. The van der Waals surface area contributed by atoms with Gasteiger partial charge in [0.05, 0.1) is 23.3 Å². The highest BCUT2D eigenvalue weighted by molar-refractivity contribution is 7.91. The van der Waals surface area contributed by atoms with Crippen molar-refractivity contribution in [3.63, 3.8) is 0 Å². The number of carbonyl (C=O) groups excluding carboxylic acids is 3. The van der Waals surface area contributed by atoms with Gasteiger partial charge in [-0.15, -0.1) is 11.3 Å². The molecule has 3 amide bonds. The number of rotatable bonds is 6. The van der Waals surface area contributed by atoms with Crippen LogP contribution in [0.5, 0.6) is 0 Å². The number of alkyl carbamates (subject to hydrolysis) is 1. The lowest BCUT2D eigenvalue weighted by Crippen LogP contribution is -2.31. The van der Waals surface area contributed by atoms with Crippen LogP contribution in [0.25, 0.3) is 0 Å². The minimum Gasteiger partial charge on any atom is -0.453 e. The monoisotopic (exact) mass is 442 g/mol. The van der Waals surface area contributed by atoms with Crippen molar-refractivity contribution >= 4 is 44.1 Å². The van der Waals surface area contributed by atoms with E-state index in [0.717, 1.165) is 47.6 Å². The molecule has 2 aromatic rings. The fourth-order valence-electron chi connectivity index (χ4n) is 2.37. The summed E-state index contributed by atoms with van der Waals surface area (Å²) in [5.74, 6) is -2.42. The molecule has 0 aliphatic rings. The summed E-state index contributed by atoms with van der Waals surface area (Å²) in [6.45, 7) is 3.40. The first-order valence-corrected chi connectivity index (χ1v) is 10.8. The van der Waals surface area contributed by atoms with Crippen molar-refractivity contribution in [1.82, 2.24) is 5.32 Å². The van der Waals surface area contributed by atoms with E-state index in [-0.39, 0.29) is 21.9 Å². The Balaban J connectivity index is 2.11. The second-order valence-electron chi connectivity index (χ2n) is 6.00. The topological polar surface area (TPSA) is 119 Å². The van der Waals surface area contributed by atoms with E-state index in [1.807, 2.05) is 5.32 Å². The van der Waals surface area contributed by atoms with Crippen molar-refractivity contribution in [3.8, 4) is 0 Å². The molecule has 156 valence electrons. The Morgan fingerprint density at radius 2 is 1.76 bits per heavy atom. The summed E-state index contributed by atoms with van der Waals surface area (Å²) in [6, 6.07) is 4.31. The van der Waals surface area contributed by atoms with Crippen LogP contribution in [-0.4, -0.2) is 39.2 Å². The highest BCUT2D eigenvalue weighted by atomic mass is 32.2. The second-order valence-corrected chi connectivity index (χ2v) is 9.34. The molecule has 0 aliphatic heterocycles. The molecular weight excluding hydrogens is 423 g/mol. The van der Waals surface area contributed by atoms with Gasteiger partial charge >= 0.3 is 6.09 Å². The number of imide groups is 1. The molecule has 0 bridgehead atoms. The molecular formula is C18H19FN2O6S2. The van der Waals surface area contributed by atoms with Gasteiger partial charge in [-0.2, -0.15) is 0 Å². The van der Waals surface area contributed by atoms with Crippen LogP contribution in [0.4, 0.5) is 14.2 Å². The van der Waals surface area contributed by atoms with E-state index < -0.39 is 39.3 Å². The highest BCUT2D eigenvalue weighted by Gasteiger charge is 2.23. The van der Waals surface area contributed by atoms with Crippen LogP contribution >= 0.6 is 11.3 Å². The van der Waals surface area contributed by atoms with E-state index in [2.05, 4.69) is 10.1 Å². The van der Waals surface area contributed by atoms with Crippen LogP contribution in [0, 0.1) is 19.7 Å². The molecule has 0 aliphatic carbocycles. The average molecular weight is 442 g/mol. The van der Waals surface area contributed by atoms with Crippen molar-refractivity contribution in [3.05, 3.63) is 46.1 Å². The number of anilines is 1. The maximum Gasteiger partial charge on any atom is 0.413 e. The third kappa shape index (κ3) is 5.61. The number of ether oxygens (including phenoxy) is 1. The molecule has 29 heavy (non-hydrogen) atoms. The van der Waals surface area contributed by atoms with Crippen molar-refractivity contribution < 1.29 is 31.9 Å². The number of thiophene rings is 1. The number of hydrogen-bond donors (Lipinski definition) is 2. The van der Waals surface area contributed by atoms with Crippen molar-refractivity contribution in [1.29, 1.82) is 0 Å². The molecule has 0 atom stereocenters. The molecule has 1 aromatic carbocycles. The fourth-order valence-corrected chi connectivity index (χ4v) is 4.69. The predicted octanol–water partition coefficient (Wildman–Crippen LogP) is 2.80. The highest BCUT2D eigenvalue weighted by Crippen LogP contribution is 2.32. The van der Waals surface area contributed by atoms with Gasteiger partial charge in [0.25, 0.3) is 5.91 Å². The summed E-state index contributed by atoms with van der Waals surface area (Å²) in [5, 5.41) is 4.74. The molecule has 11 heteroatoms. The first kappa shape index (κ1) is 22.5. The summed E-state index contributed by atoms with van der Waals surface area (Å²) in [6.07, 6.45) is -1.31. The number of methoxy groups -OCH3 is 1. The lowest BCUT2D eigenvalue weighted by Gasteiger charge is -2.08. The predicted molar refractivity (Wildman–Crippen MR) is 105 cm³/mol. The third-order valence-corrected chi connectivity index (χ3v) is 6.89. The molecule has 8 nitrogen and oxygen atoms in total. The van der Waals surface area contributed by atoms with Gasteiger partial charge in [0.2, 0.25) is 5.91 Å². The van der Waals surface area contributed by atoms with Gasteiger partial charge in [-0.3, -0.25) is 14.9 Å². The summed E-state index contributed by atoms with van der Waals surface area (Å²) in [7, 11) is -2.67. The maximum absolute atomic E-state index is 13.0. The molecule has 0 radical (unpaired) electrons. The third-order valence-electron chi connectivity index (χ3n) is 4.04. The van der Waals surface area contributed by atoms with E-state index in [0.29, 0.717) is 5.56 Å². The molecule has 2 rings (SSSR count). The molecule has 0 spiro atoms. The Morgan fingerprint density at radius 3 is 2.34 bits per heavy atom. The standard InChI is InChI=1S/C18H19FN2O6S2/c1-10-11(2)28-17(15(10)16(23)21-18(24)27-3)20-14(22)8-9-29(25,26)13-6-4-12(19)5-7-13/h4-7H,8-9H2,1-3H3,(H,20,22)(H,21,23,24). The smallest absolute Gasteiger partial charge is 0.413 e. The molecule has 0 saturated carbocycles. The van der Waals surface area contributed by atoms with Crippen molar-refractivity contribution in [2.24, 2.45) is 0 Å². The SMILES string of the molecule is COC(=O)NC(=O)c1c(NC(=O)CCS(=O)(=O)c2ccc(F)cc2)sc(C)c1C. The van der Waals surface area contributed by atoms with Gasteiger partial charge in [-0.25, -0.2) is 17.6 Å². The molecule has 0 fully saturated rings.